The normalized spacial score (nSPS) is 12.1. The molecule has 1 aromatic carbocycles. The number of pyridine rings is 1. The van der Waals surface area contributed by atoms with E-state index in [-0.39, 0.29) is 6.10 Å². The number of nitrogens with zero attached hydrogens (tertiary/aromatic N) is 1. The van der Waals surface area contributed by atoms with Gasteiger partial charge in [-0.2, -0.15) is 0 Å². The standard InChI is InChI=1S/C15H18N2O/c1-12(13-6-4-3-5-7-13)18-15-8-9-17-11-14(15)10-16-2/h3-9,11-12,16H,10H2,1-2H3. The van der Waals surface area contributed by atoms with E-state index in [2.05, 4.69) is 29.4 Å². The van der Waals surface area contributed by atoms with Gasteiger partial charge in [-0.15, -0.1) is 0 Å². The Bertz CT molecular complexity index is 485. The Morgan fingerprint density at radius 1 is 1.22 bits per heavy atom. The minimum Gasteiger partial charge on any atom is -0.486 e. The molecule has 94 valence electrons. The minimum atomic E-state index is 0.0317. The number of hydrogen-bond donors (Lipinski definition) is 1. The zero-order chi connectivity index (χ0) is 12.8. The van der Waals surface area contributed by atoms with Crippen LogP contribution < -0.4 is 10.1 Å². The van der Waals surface area contributed by atoms with Gasteiger partial charge in [0, 0.05) is 24.5 Å². The highest BCUT2D eigenvalue weighted by Crippen LogP contribution is 2.24. The quantitative estimate of drug-likeness (QED) is 0.875. The van der Waals surface area contributed by atoms with Crippen LogP contribution in [0.15, 0.2) is 48.8 Å². The molecule has 3 nitrogen and oxygen atoms in total. The Hall–Kier alpha value is -1.87. The van der Waals surface area contributed by atoms with E-state index in [9.17, 15) is 0 Å². The van der Waals surface area contributed by atoms with E-state index in [1.165, 1.54) is 5.56 Å². The summed E-state index contributed by atoms with van der Waals surface area (Å²) in [5, 5.41) is 3.12. The lowest BCUT2D eigenvalue weighted by Crippen LogP contribution is -2.10. The largest absolute Gasteiger partial charge is 0.486 e. The Morgan fingerprint density at radius 3 is 2.72 bits per heavy atom. The molecule has 3 heteroatoms. The van der Waals surface area contributed by atoms with Crippen molar-refractivity contribution < 1.29 is 4.74 Å². The van der Waals surface area contributed by atoms with Crippen molar-refractivity contribution in [2.45, 2.75) is 19.6 Å². The fraction of sp³-hybridized carbons (Fsp3) is 0.267. The summed E-state index contributed by atoms with van der Waals surface area (Å²) in [6.07, 6.45) is 3.62. The van der Waals surface area contributed by atoms with Crippen LogP contribution in [0, 0.1) is 0 Å². The van der Waals surface area contributed by atoms with Crippen molar-refractivity contribution in [3.05, 3.63) is 59.9 Å². The average Bonchev–Trinajstić information content (AvgIpc) is 2.42. The highest BCUT2D eigenvalue weighted by Gasteiger charge is 2.09. The van der Waals surface area contributed by atoms with Gasteiger partial charge in [0.05, 0.1) is 0 Å². The molecular weight excluding hydrogens is 224 g/mol. The molecule has 2 rings (SSSR count). The van der Waals surface area contributed by atoms with Crippen LogP contribution in [0.1, 0.15) is 24.2 Å². The average molecular weight is 242 g/mol. The lowest BCUT2D eigenvalue weighted by molar-refractivity contribution is 0.224. The molecule has 0 aliphatic carbocycles. The second kappa shape index (κ2) is 6.17. The minimum absolute atomic E-state index is 0.0317. The fourth-order valence-electron chi connectivity index (χ4n) is 1.84. The van der Waals surface area contributed by atoms with Gasteiger partial charge in [-0.3, -0.25) is 4.98 Å². The molecule has 0 saturated heterocycles. The molecule has 0 aliphatic rings. The smallest absolute Gasteiger partial charge is 0.127 e. The fourth-order valence-corrected chi connectivity index (χ4v) is 1.84. The van der Waals surface area contributed by atoms with Gasteiger partial charge in [0.15, 0.2) is 0 Å². The van der Waals surface area contributed by atoms with Crippen LogP contribution in [0.3, 0.4) is 0 Å². The van der Waals surface area contributed by atoms with Gasteiger partial charge in [-0.05, 0) is 25.6 Å². The maximum atomic E-state index is 6.00. The number of aromatic nitrogens is 1. The summed E-state index contributed by atoms with van der Waals surface area (Å²) in [4.78, 5) is 4.12. The molecule has 2 aromatic rings. The molecule has 18 heavy (non-hydrogen) atoms. The van der Waals surface area contributed by atoms with Crippen molar-refractivity contribution in [2.24, 2.45) is 0 Å². The van der Waals surface area contributed by atoms with Crippen LogP contribution in [0.25, 0.3) is 0 Å². The first kappa shape index (κ1) is 12.6. The van der Waals surface area contributed by atoms with Crippen molar-refractivity contribution in [1.29, 1.82) is 0 Å². The number of benzene rings is 1. The maximum absolute atomic E-state index is 6.00. The van der Waals surface area contributed by atoms with E-state index in [1.807, 2.05) is 37.5 Å². The lowest BCUT2D eigenvalue weighted by atomic mass is 10.1. The molecule has 0 spiro atoms. The summed E-state index contributed by atoms with van der Waals surface area (Å²) in [6, 6.07) is 12.1. The van der Waals surface area contributed by atoms with Crippen LogP contribution in [0.5, 0.6) is 5.75 Å². The van der Waals surface area contributed by atoms with Crippen molar-refractivity contribution in [2.75, 3.05) is 7.05 Å². The number of nitrogens with one attached hydrogen (secondary N) is 1. The SMILES string of the molecule is CNCc1cnccc1OC(C)c1ccccc1. The first-order chi connectivity index (χ1) is 8.81. The van der Waals surface area contributed by atoms with Crippen LogP contribution >= 0.6 is 0 Å². The molecule has 1 unspecified atom stereocenters. The molecule has 1 N–H and O–H groups in total. The van der Waals surface area contributed by atoms with Crippen LogP contribution in [0.2, 0.25) is 0 Å². The third-order valence-corrected chi connectivity index (χ3v) is 2.80. The van der Waals surface area contributed by atoms with Gasteiger partial charge in [0.1, 0.15) is 11.9 Å². The third kappa shape index (κ3) is 3.08. The van der Waals surface area contributed by atoms with Gasteiger partial charge in [-0.1, -0.05) is 30.3 Å². The van der Waals surface area contributed by atoms with Crippen molar-refractivity contribution in [1.82, 2.24) is 10.3 Å². The predicted octanol–water partition coefficient (Wildman–Crippen LogP) is 2.94. The summed E-state index contributed by atoms with van der Waals surface area (Å²) in [7, 11) is 1.91. The zero-order valence-electron chi connectivity index (χ0n) is 10.8. The molecule has 0 amide bonds. The summed E-state index contributed by atoms with van der Waals surface area (Å²) in [6.45, 7) is 2.81. The molecule has 0 bridgehead atoms. The zero-order valence-corrected chi connectivity index (χ0v) is 10.8. The summed E-state index contributed by atoms with van der Waals surface area (Å²) in [5.41, 5.74) is 2.24. The molecule has 0 fully saturated rings. The summed E-state index contributed by atoms with van der Waals surface area (Å²) < 4.78 is 6.00. The molecule has 1 aromatic heterocycles. The summed E-state index contributed by atoms with van der Waals surface area (Å²) in [5.74, 6) is 0.885. The van der Waals surface area contributed by atoms with E-state index < -0.39 is 0 Å². The van der Waals surface area contributed by atoms with Gasteiger partial charge in [0.2, 0.25) is 0 Å². The summed E-state index contributed by atoms with van der Waals surface area (Å²) >= 11 is 0. The Kier molecular flexibility index (Phi) is 4.31. The Balaban J connectivity index is 2.14. The molecule has 0 radical (unpaired) electrons. The van der Waals surface area contributed by atoms with E-state index in [0.29, 0.717) is 0 Å². The number of rotatable bonds is 5. The number of hydrogen-bond acceptors (Lipinski definition) is 3. The Morgan fingerprint density at radius 2 is 2.00 bits per heavy atom. The number of ether oxygens (including phenoxy) is 1. The van der Waals surface area contributed by atoms with E-state index >= 15 is 0 Å². The second-order valence-electron chi connectivity index (χ2n) is 4.18. The van der Waals surface area contributed by atoms with Gasteiger partial charge >= 0.3 is 0 Å². The third-order valence-electron chi connectivity index (χ3n) is 2.80. The van der Waals surface area contributed by atoms with Gasteiger partial charge in [0.25, 0.3) is 0 Å². The Labute approximate surface area is 108 Å². The van der Waals surface area contributed by atoms with Crippen LogP contribution in [-0.4, -0.2) is 12.0 Å². The van der Waals surface area contributed by atoms with Gasteiger partial charge in [-0.25, -0.2) is 0 Å². The highest BCUT2D eigenvalue weighted by atomic mass is 16.5. The first-order valence-corrected chi connectivity index (χ1v) is 6.10. The monoisotopic (exact) mass is 242 g/mol. The van der Waals surface area contributed by atoms with E-state index in [1.54, 1.807) is 6.20 Å². The van der Waals surface area contributed by atoms with E-state index in [0.717, 1.165) is 17.9 Å². The maximum Gasteiger partial charge on any atom is 0.127 e. The molecule has 1 atom stereocenters. The molecule has 1 heterocycles. The molecular formula is C15H18N2O. The predicted molar refractivity (Wildman–Crippen MR) is 72.5 cm³/mol. The lowest BCUT2D eigenvalue weighted by Gasteiger charge is -2.17. The van der Waals surface area contributed by atoms with Crippen LogP contribution in [0.4, 0.5) is 0 Å². The van der Waals surface area contributed by atoms with E-state index in [4.69, 9.17) is 4.74 Å². The highest BCUT2D eigenvalue weighted by molar-refractivity contribution is 5.31. The topological polar surface area (TPSA) is 34.2 Å². The van der Waals surface area contributed by atoms with Crippen molar-refractivity contribution in [3.8, 4) is 5.75 Å². The second-order valence-corrected chi connectivity index (χ2v) is 4.18. The molecule has 0 saturated carbocycles. The van der Waals surface area contributed by atoms with Crippen molar-refractivity contribution >= 4 is 0 Å². The van der Waals surface area contributed by atoms with Gasteiger partial charge < -0.3 is 10.1 Å². The van der Waals surface area contributed by atoms with Crippen molar-refractivity contribution in [3.63, 3.8) is 0 Å². The molecule has 0 aliphatic heterocycles. The first-order valence-electron chi connectivity index (χ1n) is 6.10. The van der Waals surface area contributed by atoms with Crippen LogP contribution in [-0.2, 0) is 6.54 Å².